The average Bonchev–Trinajstić information content (AvgIpc) is 0.877. The van der Waals surface area contributed by atoms with Gasteiger partial charge in [0, 0.05) is 103 Å². The predicted octanol–water partition coefficient (Wildman–Crippen LogP) is 10.1. The molecule has 10 aromatic rings. The van der Waals surface area contributed by atoms with Crippen LogP contribution in [0.1, 0.15) is 0 Å². The molecule has 25 N–H and O–H groups in total. The van der Waals surface area contributed by atoms with E-state index in [4.69, 9.17) is 28.4 Å². The molecule has 0 saturated heterocycles. The third kappa shape index (κ3) is 11.1. The first kappa shape index (κ1) is 60.1. The smallest absolute Gasteiger partial charge is 0.212 e. The van der Waals surface area contributed by atoms with E-state index in [1.54, 1.807) is 0 Å². The molecule has 0 spiro atoms. The van der Waals surface area contributed by atoms with Gasteiger partial charge in [-0.25, -0.2) is 0 Å². The van der Waals surface area contributed by atoms with E-state index >= 15 is 0 Å². The fraction of sp³-hybridized carbons (Fsp3) is 0. The zero-order chi connectivity index (χ0) is 66.1. The van der Waals surface area contributed by atoms with E-state index in [9.17, 15) is 128 Å². The van der Waals surface area contributed by atoms with Gasteiger partial charge in [-0.2, -0.15) is 0 Å². The fourth-order valence-electron chi connectivity index (χ4n) is 9.15. The van der Waals surface area contributed by atoms with Crippen molar-refractivity contribution >= 4 is 0 Å². The molecule has 10 aromatic carbocycles. The van der Waals surface area contributed by atoms with Gasteiger partial charge in [0.25, 0.3) is 0 Å². The van der Waals surface area contributed by atoms with Crippen LogP contribution in [0.15, 0.2) is 103 Å². The van der Waals surface area contributed by atoms with E-state index in [0.717, 1.165) is 12.1 Å². The summed E-state index contributed by atoms with van der Waals surface area (Å²) in [7, 11) is 0. The Morgan fingerprint density at radius 2 is 0.363 bits per heavy atom. The lowest BCUT2D eigenvalue weighted by Crippen LogP contribution is -1.98. The third-order valence-corrected chi connectivity index (χ3v) is 13.0. The molecule has 0 aromatic heterocycles. The van der Waals surface area contributed by atoms with Gasteiger partial charge in [-0.15, -0.1) is 0 Å². The summed E-state index contributed by atoms with van der Waals surface area (Å²) < 4.78 is 35.3. The minimum absolute atomic E-state index is 0.527. The predicted molar refractivity (Wildman–Crippen MR) is 303 cm³/mol. The molecule has 10 rings (SSSR count). The highest BCUT2D eigenvalue weighted by Gasteiger charge is 2.33. The van der Waals surface area contributed by atoms with Crippen LogP contribution in [-0.4, -0.2) is 128 Å². The molecule has 91 heavy (non-hydrogen) atoms. The third-order valence-electron chi connectivity index (χ3n) is 13.0. The standard InChI is InChI=1S/C60H42O31/c61-18-1-25(66)45(26(67)2-18)48-31(72)15-38(79)56(52(48)83)89-42-8-21(64)7-41(59(42)86-23-11-34(75)51(82)35(76)12-23)88-55-36(77)13-24(14-37(55)78)87-60-43(90-57-39(80)16-32(73)49(53(57)84)46-27(68)3-19(62)4-28(46)69)9-22(65)10-44(60)91-58-40(81)17-33(74)50(54(58)85)47-29(70)5-20(63)6-30(47)71/h1-17,61-85H. The molecule has 0 aliphatic heterocycles. The summed E-state index contributed by atoms with van der Waals surface area (Å²) in [6.07, 6.45) is 0. The molecule has 0 radical (unpaired) electrons. The van der Waals surface area contributed by atoms with Crippen molar-refractivity contribution in [3.63, 3.8) is 0 Å². The molecule has 0 unspecified atom stereocenters. The molecule has 0 fully saturated rings. The Balaban J connectivity index is 1.11. The van der Waals surface area contributed by atoms with Crippen LogP contribution in [0.25, 0.3) is 33.4 Å². The van der Waals surface area contributed by atoms with E-state index in [1.165, 1.54) is 0 Å². The van der Waals surface area contributed by atoms with E-state index < -0.39 is 246 Å². The number of rotatable bonds is 15. The molecular weight excluding hydrogens is 1220 g/mol. The molecule has 0 heterocycles. The second kappa shape index (κ2) is 22.4. The Bertz CT molecular complexity index is 4420. The minimum atomic E-state index is -1.30. The van der Waals surface area contributed by atoms with Gasteiger partial charge in [0.05, 0.1) is 33.4 Å². The molecule has 0 amide bonds. The van der Waals surface area contributed by atoms with Crippen molar-refractivity contribution in [2.24, 2.45) is 0 Å². The van der Waals surface area contributed by atoms with Crippen molar-refractivity contribution in [3.8, 4) is 246 Å². The van der Waals surface area contributed by atoms with Gasteiger partial charge < -0.3 is 156 Å². The van der Waals surface area contributed by atoms with Crippen LogP contribution in [0.2, 0.25) is 0 Å². The van der Waals surface area contributed by atoms with E-state index in [0.29, 0.717) is 91.0 Å². The maximum absolute atomic E-state index is 11.7. The Kier molecular flexibility index (Phi) is 14.8. The Hall–Kier alpha value is -14.0. The van der Waals surface area contributed by atoms with Crippen LogP contribution in [0.3, 0.4) is 0 Å². The second-order valence-electron chi connectivity index (χ2n) is 19.2. The zero-order valence-corrected chi connectivity index (χ0v) is 44.9. The van der Waals surface area contributed by atoms with E-state index in [2.05, 4.69) is 0 Å². The van der Waals surface area contributed by atoms with Crippen LogP contribution >= 0.6 is 0 Å². The maximum atomic E-state index is 11.7. The van der Waals surface area contributed by atoms with Gasteiger partial charge in [-0.05, 0) is 0 Å². The Morgan fingerprint density at radius 1 is 0.154 bits per heavy atom. The molecule has 0 saturated carbocycles. The van der Waals surface area contributed by atoms with Crippen LogP contribution in [-0.2, 0) is 0 Å². The lowest BCUT2D eigenvalue weighted by molar-refractivity contribution is 0.329. The Labute approximate surface area is 503 Å². The second-order valence-corrected chi connectivity index (χ2v) is 19.2. The summed E-state index contributed by atoms with van der Waals surface area (Å²) in [5.74, 6) is -36.2. The summed E-state index contributed by atoms with van der Waals surface area (Å²) in [5.41, 5.74) is -4.78. The van der Waals surface area contributed by atoms with Gasteiger partial charge in [-0.3, -0.25) is 0 Å². The number of phenolic OH excluding ortho intramolecular Hbond substituents is 25. The number of phenols is 25. The lowest BCUT2D eigenvalue weighted by Gasteiger charge is -2.21. The number of hydrogen-bond donors (Lipinski definition) is 25. The molecular formula is C60H42O31. The van der Waals surface area contributed by atoms with Crippen molar-refractivity contribution in [1.82, 2.24) is 0 Å². The SMILES string of the molecule is Oc1cc(O)c(-c2c(O)cc(O)c(Oc3cc(O)cc(Oc4c(O)cc(Oc5c(Oc6c(O)cc(O)c(-c7c(O)cc(O)cc7O)c6O)cc(O)cc5Oc5c(O)cc(O)c(-c6c(O)cc(O)cc6O)c5O)cc4O)c3Oc3cc(O)c(O)c(O)c3)c2O)c(O)c1. The largest absolute Gasteiger partial charge is 0.508 e. The van der Waals surface area contributed by atoms with Gasteiger partial charge in [0.15, 0.2) is 80.5 Å². The van der Waals surface area contributed by atoms with E-state index in [1.807, 2.05) is 0 Å². The van der Waals surface area contributed by atoms with Gasteiger partial charge in [-0.1, -0.05) is 0 Å². The van der Waals surface area contributed by atoms with Crippen LogP contribution < -0.4 is 28.4 Å². The molecule has 0 atom stereocenters. The quantitative estimate of drug-likeness (QED) is 0.0424. The van der Waals surface area contributed by atoms with Gasteiger partial charge in [0.2, 0.25) is 40.2 Å². The van der Waals surface area contributed by atoms with Crippen molar-refractivity contribution in [2.45, 2.75) is 0 Å². The monoisotopic (exact) mass is 1260 g/mol. The number of ether oxygens (including phenoxy) is 6. The maximum Gasteiger partial charge on any atom is 0.212 e. The molecule has 468 valence electrons. The van der Waals surface area contributed by atoms with Crippen molar-refractivity contribution in [3.05, 3.63) is 103 Å². The summed E-state index contributed by atoms with van der Waals surface area (Å²) >= 11 is 0. The summed E-state index contributed by atoms with van der Waals surface area (Å²) in [5, 5.41) is 271. The highest BCUT2D eigenvalue weighted by Crippen LogP contribution is 2.62. The summed E-state index contributed by atoms with van der Waals surface area (Å²) in [6, 6.07) is 11.3. The van der Waals surface area contributed by atoms with Crippen molar-refractivity contribution in [2.75, 3.05) is 0 Å². The summed E-state index contributed by atoms with van der Waals surface area (Å²) in [4.78, 5) is 0. The van der Waals surface area contributed by atoms with Crippen LogP contribution in [0, 0.1) is 0 Å². The fourth-order valence-corrected chi connectivity index (χ4v) is 9.15. The number of hydrogen-bond acceptors (Lipinski definition) is 31. The number of benzene rings is 10. The van der Waals surface area contributed by atoms with Gasteiger partial charge in [0.1, 0.15) is 92.0 Å². The zero-order valence-electron chi connectivity index (χ0n) is 44.9. The first-order valence-electron chi connectivity index (χ1n) is 25.1. The molecule has 0 aliphatic carbocycles. The number of aromatic hydroxyl groups is 25. The minimum Gasteiger partial charge on any atom is -0.508 e. The molecule has 0 bridgehead atoms. The van der Waals surface area contributed by atoms with Gasteiger partial charge >= 0.3 is 0 Å². The summed E-state index contributed by atoms with van der Waals surface area (Å²) in [6.45, 7) is 0. The molecule has 31 heteroatoms. The normalized spacial score (nSPS) is 11.1. The van der Waals surface area contributed by atoms with Crippen LogP contribution in [0.4, 0.5) is 0 Å². The highest BCUT2D eigenvalue weighted by atomic mass is 16.6. The topological polar surface area (TPSA) is 561 Å². The first-order chi connectivity index (χ1) is 42.9. The highest BCUT2D eigenvalue weighted by molar-refractivity contribution is 5.91. The van der Waals surface area contributed by atoms with Crippen molar-refractivity contribution in [1.29, 1.82) is 0 Å². The van der Waals surface area contributed by atoms with E-state index in [-0.39, 0.29) is 0 Å². The van der Waals surface area contributed by atoms with Crippen LogP contribution in [0.5, 0.6) is 213 Å². The van der Waals surface area contributed by atoms with Crippen molar-refractivity contribution < 1.29 is 156 Å². The average molecular weight is 1260 g/mol. The lowest BCUT2D eigenvalue weighted by atomic mass is 10.00. The first-order valence-corrected chi connectivity index (χ1v) is 25.1. The molecule has 0 aliphatic rings. The Morgan fingerprint density at radius 3 is 0.626 bits per heavy atom. The molecule has 31 nitrogen and oxygen atoms in total.